The molecule has 2 fully saturated rings. The number of piperazine rings is 1. The van der Waals surface area contributed by atoms with Crippen molar-refractivity contribution in [1.82, 2.24) is 9.80 Å². The van der Waals surface area contributed by atoms with E-state index < -0.39 is 6.04 Å². The Morgan fingerprint density at radius 2 is 1.62 bits per heavy atom. The summed E-state index contributed by atoms with van der Waals surface area (Å²) in [4.78, 5) is 20.0. The molecule has 2 aromatic rings. The average Bonchev–Trinajstić information content (AvgIpc) is 2.89. The van der Waals surface area contributed by atoms with Gasteiger partial charge in [0.25, 0.3) is 0 Å². The van der Waals surface area contributed by atoms with E-state index in [1.54, 1.807) is 7.11 Å². The zero-order chi connectivity index (χ0) is 24.1. The number of hydrogen-bond donors (Lipinski definition) is 2. The molecule has 0 radical (unpaired) electrons. The summed E-state index contributed by atoms with van der Waals surface area (Å²) in [6, 6.07) is 15.7. The number of methoxy groups -OCH3 is 2. The maximum atomic E-state index is 12.7. The van der Waals surface area contributed by atoms with Crippen LogP contribution < -0.4 is 15.4 Å². The Labute approximate surface area is 201 Å². The molecule has 2 aromatic carbocycles. The molecule has 0 spiro atoms. The van der Waals surface area contributed by atoms with Gasteiger partial charge in [0.2, 0.25) is 0 Å². The largest absolute Gasteiger partial charge is 0.496 e. The number of nitrogen functional groups attached to an aromatic ring is 1. The molecule has 0 aliphatic carbocycles. The van der Waals surface area contributed by atoms with E-state index >= 15 is 0 Å². The summed E-state index contributed by atoms with van der Waals surface area (Å²) in [5.74, 6) is 0.572. The smallest absolute Gasteiger partial charge is 0.327 e. The van der Waals surface area contributed by atoms with Gasteiger partial charge >= 0.3 is 5.97 Å². The van der Waals surface area contributed by atoms with Gasteiger partial charge in [0.1, 0.15) is 17.6 Å². The monoisotopic (exact) mass is 465 g/mol. The topological polar surface area (TPSA) is 95.1 Å². The fourth-order valence-electron chi connectivity index (χ4n) is 5.18. The van der Waals surface area contributed by atoms with Crippen molar-refractivity contribution in [3.63, 3.8) is 0 Å². The summed E-state index contributed by atoms with van der Waals surface area (Å²) in [7, 11) is 3.08. The third-order valence-corrected chi connectivity index (χ3v) is 7.10. The highest BCUT2D eigenvalue weighted by Gasteiger charge is 2.35. The van der Waals surface area contributed by atoms with Crippen LogP contribution in [-0.2, 0) is 9.53 Å². The number of anilines is 1. The normalized spacial score (nSPS) is 18.9. The number of para-hydroxylation sites is 1. The Kier molecular flexibility index (Phi) is 7.70. The quantitative estimate of drug-likeness (QED) is 0.368. The molecule has 4 rings (SSSR count). The van der Waals surface area contributed by atoms with Crippen molar-refractivity contribution >= 4 is 17.5 Å². The standard InChI is InChI=1S/C26H35N5O3/c1-33-23-6-4-3-5-22(23)24(26(32)34-2)31-13-11-21(12-14-31)30-17-15-29(16-18-30)20-9-7-19(8-10-20)25(27)28/h3-10,21,24H,11-18H2,1-2H3,(H3,27,28). The summed E-state index contributed by atoms with van der Waals surface area (Å²) in [5.41, 5.74) is 8.37. The van der Waals surface area contributed by atoms with Crippen LogP contribution in [0.2, 0.25) is 0 Å². The van der Waals surface area contributed by atoms with Crippen molar-refractivity contribution in [3.05, 3.63) is 59.7 Å². The molecule has 2 aliphatic rings. The predicted molar refractivity (Wildman–Crippen MR) is 134 cm³/mol. The maximum absolute atomic E-state index is 12.7. The number of carbonyl (C=O) groups is 1. The number of nitrogens with one attached hydrogen (secondary N) is 1. The Bertz CT molecular complexity index is 980. The lowest BCUT2D eigenvalue weighted by atomic mass is 9.97. The molecule has 8 nitrogen and oxygen atoms in total. The van der Waals surface area contributed by atoms with Gasteiger partial charge in [-0.3, -0.25) is 15.2 Å². The number of benzene rings is 2. The van der Waals surface area contributed by atoms with E-state index in [4.69, 9.17) is 20.6 Å². The van der Waals surface area contributed by atoms with Gasteiger partial charge in [-0.1, -0.05) is 18.2 Å². The molecule has 0 saturated carbocycles. The lowest BCUT2D eigenvalue weighted by Crippen LogP contribution is -2.54. The number of carbonyl (C=O) groups excluding carboxylic acids is 1. The highest BCUT2D eigenvalue weighted by molar-refractivity contribution is 5.95. The second-order valence-electron chi connectivity index (χ2n) is 8.92. The Hall–Kier alpha value is -3.10. The Morgan fingerprint density at radius 1 is 0.971 bits per heavy atom. The van der Waals surface area contributed by atoms with Gasteiger partial charge in [0.15, 0.2) is 0 Å². The minimum Gasteiger partial charge on any atom is -0.496 e. The van der Waals surface area contributed by atoms with Crippen LogP contribution >= 0.6 is 0 Å². The molecule has 0 bridgehead atoms. The van der Waals surface area contributed by atoms with Gasteiger partial charge in [-0.25, -0.2) is 4.79 Å². The molecule has 1 atom stereocenters. The fourth-order valence-corrected chi connectivity index (χ4v) is 5.18. The van der Waals surface area contributed by atoms with Crippen LogP contribution in [0.5, 0.6) is 5.75 Å². The SMILES string of the molecule is COC(=O)C(c1ccccc1OC)N1CCC(N2CCN(c3ccc(C(=N)N)cc3)CC2)CC1. The first-order valence-electron chi connectivity index (χ1n) is 11.9. The zero-order valence-electron chi connectivity index (χ0n) is 20.1. The second kappa shape index (κ2) is 10.9. The first kappa shape index (κ1) is 24.0. The second-order valence-corrected chi connectivity index (χ2v) is 8.92. The first-order chi connectivity index (χ1) is 16.5. The molecule has 34 heavy (non-hydrogen) atoms. The molecule has 2 saturated heterocycles. The molecule has 8 heteroatoms. The third kappa shape index (κ3) is 5.18. The summed E-state index contributed by atoms with van der Waals surface area (Å²) in [6.07, 6.45) is 2.05. The highest BCUT2D eigenvalue weighted by atomic mass is 16.5. The van der Waals surface area contributed by atoms with E-state index in [2.05, 4.69) is 26.8 Å². The zero-order valence-corrected chi connectivity index (χ0v) is 20.1. The van der Waals surface area contributed by atoms with E-state index in [-0.39, 0.29) is 11.8 Å². The van der Waals surface area contributed by atoms with Crippen LogP contribution in [0.25, 0.3) is 0 Å². The summed E-state index contributed by atoms with van der Waals surface area (Å²) < 4.78 is 10.7. The van der Waals surface area contributed by atoms with Crippen molar-refractivity contribution in [1.29, 1.82) is 5.41 Å². The number of hydrogen-bond acceptors (Lipinski definition) is 7. The van der Waals surface area contributed by atoms with Crippen LogP contribution in [-0.4, -0.2) is 81.1 Å². The molecule has 0 amide bonds. The molecule has 1 unspecified atom stereocenters. The van der Waals surface area contributed by atoms with Gasteiger partial charge in [-0.05, 0) is 43.2 Å². The lowest BCUT2D eigenvalue weighted by molar-refractivity contribution is -0.148. The van der Waals surface area contributed by atoms with Crippen LogP contribution in [0.1, 0.15) is 30.0 Å². The van der Waals surface area contributed by atoms with Crippen LogP contribution in [0, 0.1) is 5.41 Å². The van der Waals surface area contributed by atoms with Crippen molar-refractivity contribution < 1.29 is 14.3 Å². The van der Waals surface area contributed by atoms with E-state index in [1.807, 2.05) is 36.4 Å². The summed E-state index contributed by atoms with van der Waals surface area (Å²) in [5, 5.41) is 7.56. The number of nitrogens with zero attached hydrogens (tertiary/aromatic N) is 3. The van der Waals surface area contributed by atoms with Crippen LogP contribution in [0.15, 0.2) is 48.5 Å². The van der Waals surface area contributed by atoms with E-state index in [9.17, 15) is 4.79 Å². The number of rotatable bonds is 7. The minimum absolute atomic E-state index is 0.0999. The first-order valence-corrected chi connectivity index (χ1v) is 11.9. The van der Waals surface area contributed by atoms with Crippen molar-refractivity contribution in [2.75, 3.05) is 58.4 Å². The van der Waals surface area contributed by atoms with Gasteiger partial charge < -0.3 is 20.1 Å². The minimum atomic E-state index is -0.447. The predicted octanol–water partition coefficient (Wildman–Crippen LogP) is 2.48. The number of nitrogens with two attached hydrogens (primary N) is 1. The van der Waals surface area contributed by atoms with Gasteiger partial charge in [0.05, 0.1) is 14.2 Å². The third-order valence-electron chi connectivity index (χ3n) is 7.10. The molecule has 182 valence electrons. The lowest BCUT2D eigenvalue weighted by Gasteiger charge is -2.44. The van der Waals surface area contributed by atoms with Gasteiger partial charge in [-0.2, -0.15) is 0 Å². The Morgan fingerprint density at radius 3 is 2.21 bits per heavy atom. The molecule has 2 aliphatic heterocycles. The van der Waals surface area contributed by atoms with E-state index in [0.29, 0.717) is 11.8 Å². The van der Waals surface area contributed by atoms with E-state index in [0.717, 1.165) is 63.2 Å². The van der Waals surface area contributed by atoms with Gasteiger partial charge in [-0.15, -0.1) is 0 Å². The molecule has 2 heterocycles. The molecule has 3 N–H and O–H groups in total. The number of ether oxygens (including phenoxy) is 2. The number of piperidine rings is 1. The Balaban J connectivity index is 1.34. The van der Waals surface area contributed by atoms with Crippen LogP contribution in [0.4, 0.5) is 5.69 Å². The van der Waals surface area contributed by atoms with Crippen molar-refractivity contribution in [2.24, 2.45) is 5.73 Å². The summed E-state index contributed by atoms with van der Waals surface area (Å²) >= 11 is 0. The average molecular weight is 466 g/mol. The number of likely N-dealkylation sites (tertiary alicyclic amines) is 1. The molecular formula is C26H35N5O3. The van der Waals surface area contributed by atoms with Crippen LogP contribution in [0.3, 0.4) is 0 Å². The maximum Gasteiger partial charge on any atom is 0.327 e. The highest BCUT2D eigenvalue weighted by Crippen LogP contribution is 2.33. The summed E-state index contributed by atoms with van der Waals surface area (Å²) in [6.45, 7) is 5.68. The molecular weight excluding hydrogens is 430 g/mol. The van der Waals surface area contributed by atoms with Crippen molar-refractivity contribution in [3.8, 4) is 5.75 Å². The number of amidine groups is 1. The molecule has 0 aromatic heterocycles. The van der Waals surface area contributed by atoms with E-state index in [1.165, 1.54) is 12.8 Å². The van der Waals surface area contributed by atoms with Crippen molar-refractivity contribution in [2.45, 2.75) is 24.9 Å². The number of esters is 1. The fraction of sp³-hybridized carbons (Fsp3) is 0.462. The van der Waals surface area contributed by atoms with Gasteiger partial charge in [0, 0.05) is 62.1 Å².